The Hall–Kier alpha value is -4.97. The number of nitrogens with zero attached hydrogens (tertiary/aromatic N) is 3. The molecule has 0 aliphatic carbocycles. The normalized spacial score (nSPS) is 17.7. The standard InChI is InChI=1S/C30H23F2N3O6S/c31-22-7-6-21-25(20-10-13-42-16-20)35-17-33(29(38)26-27(37)23(36)8-11-34(26)35)14-19(9-12-40-28(21)24(22)32)30(39)41-15-18-4-2-1-3-5-18/h1-11,13,16,25,37H,12,14-15,17H2/b19-9+/t25-/m1/s1. The van der Waals surface area contributed by atoms with Gasteiger partial charge in [-0.25, -0.2) is 9.18 Å². The van der Waals surface area contributed by atoms with E-state index < -0.39 is 40.7 Å². The molecule has 6 rings (SSSR count). The van der Waals surface area contributed by atoms with Crippen molar-refractivity contribution in [3.63, 3.8) is 0 Å². The second kappa shape index (κ2) is 11.1. The number of carbonyl (C=O) groups excluding carboxylic acids is 2. The summed E-state index contributed by atoms with van der Waals surface area (Å²) in [4.78, 5) is 40.6. The van der Waals surface area contributed by atoms with Crippen LogP contribution in [-0.2, 0) is 16.1 Å². The molecule has 9 nitrogen and oxygen atoms in total. The molecule has 2 aliphatic rings. The van der Waals surface area contributed by atoms with Gasteiger partial charge in [-0.2, -0.15) is 15.7 Å². The van der Waals surface area contributed by atoms with Crippen molar-refractivity contribution < 1.29 is 33.0 Å². The first-order valence-electron chi connectivity index (χ1n) is 12.9. The molecule has 1 N–H and O–H groups in total. The van der Waals surface area contributed by atoms with E-state index in [9.17, 15) is 23.9 Å². The van der Waals surface area contributed by atoms with Gasteiger partial charge >= 0.3 is 5.97 Å². The van der Waals surface area contributed by atoms with Gasteiger partial charge in [0.15, 0.2) is 23.0 Å². The molecule has 1 atom stereocenters. The third kappa shape index (κ3) is 4.90. The summed E-state index contributed by atoms with van der Waals surface area (Å²) >= 11 is 1.37. The number of rotatable bonds is 4. The van der Waals surface area contributed by atoms with Crippen molar-refractivity contribution in [3.8, 4) is 11.5 Å². The first kappa shape index (κ1) is 27.2. The minimum Gasteiger partial charge on any atom is -0.502 e. The van der Waals surface area contributed by atoms with Gasteiger partial charge < -0.3 is 19.5 Å². The molecule has 0 saturated heterocycles. The van der Waals surface area contributed by atoms with Gasteiger partial charge in [0.25, 0.3) is 5.91 Å². The maximum Gasteiger partial charge on any atom is 0.335 e. The monoisotopic (exact) mass is 591 g/mol. The number of thiophene rings is 1. The lowest BCUT2D eigenvalue weighted by molar-refractivity contribution is -0.140. The van der Waals surface area contributed by atoms with Crippen molar-refractivity contribution in [1.29, 1.82) is 0 Å². The van der Waals surface area contributed by atoms with Crippen LogP contribution in [0.5, 0.6) is 11.5 Å². The summed E-state index contributed by atoms with van der Waals surface area (Å²) in [5.41, 5.74) is 0.525. The van der Waals surface area contributed by atoms with Gasteiger partial charge in [-0.05, 0) is 46.2 Å². The van der Waals surface area contributed by atoms with Crippen LogP contribution in [0.3, 0.4) is 0 Å². The van der Waals surface area contributed by atoms with Crippen LogP contribution >= 0.6 is 11.3 Å². The van der Waals surface area contributed by atoms with E-state index in [1.165, 1.54) is 39.3 Å². The Morgan fingerprint density at radius 1 is 1.10 bits per heavy atom. The summed E-state index contributed by atoms with van der Waals surface area (Å²) < 4.78 is 42.4. The van der Waals surface area contributed by atoms with Crippen molar-refractivity contribution in [1.82, 2.24) is 9.58 Å². The number of hydrogen-bond donors (Lipinski definition) is 1. The lowest BCUT2D eigenvalue weighted by atomic mass is 9.98. The molecule has 2 aromatic heterocycles. The summed E-state index contributed by atoms with van der Waals surface area (Å²) in [5.74, 6) is -4.97. The summed E-state index contributed by atoms with van der Waals surface area (Å²) in [5, 5.41) is 16.0. The fraction of sp³-hybridized carbons (Fsp3) is 0.167. The number of esters is 1. The average molecular weight is 592 g/mol. The number of hydrogen-bond acceptors (Lipinski definition) is 8. The number of amides is 1. The molecule has 12 heteroatoms. The van der Waals surface area contributed by atoms with Gasteiger partial charge in [0, 0.05) is 17.8 Å². The van der Waals surface area contributed by atoms with Crippen molar-refractivity contribution in [2.24, 2.45) is 0 Å². The average Bonchev–Trinajstić information content (AvgIpc) is 3.52. The fourth-order valence-electron chi connectivity index (χ4n) is 5.03. The Balaban J connectivity index is 1.50. The first-order valence-corrected chi connectivity index (χ1v) is 13.8. The lowest BCUT2D eigenvalue weighted by Crippen LogP contribution is -2.56. The van der Waals surface area contributed by atoms with Crippen LogP contribution in [0.15, 0.2) is 88.0 Å². The molecule has 0 fully saturated rings. The maximum atomic E-state index is 15.3. The summed E-state index contributed by atoms with van der Waals surface area (Å²) in [7, 11) is 0. The second-order valence-corrected chi connectivity index (χ2v) is 10.4. The minimum atomic E-state index is -1.22. The van der Waals surface area contributed by atoms with Crippen LogP contribution in [0, 0.1) is 11.6 Å². The highest BCUT2D eigenvalue weighted by Gasteiger charge is 2.39. The molecule has 214 valence electrons. The smallest absolute Gasteiger partial charge is 0.335 e. The van der Waals surface area contributed by atoms with Crippen molar-refractivity contribution >= 4 is 23.2 Å². The number of carbonyl (C=O) groups is 2. The lowest BCUT2D eigenvalue weighted by Gasteiger charge is -2.43. The molecule has 0 radical (unpaired) electrons. The molecule has 4 aromatic rings. The van der Waals surface area contributed by atoms with Crippen molar-refractivity contribution in [2.75, 3.05) is 24.8 Å². The van der Waals surface area contributed by atoms with Crippen LogP contribution in [0.4, 0.5) is 8.78 Å². The highest BCUT2D eigenvalue weighted by atomic mass is 32.1. The van der Waals surface area contributed by atoms with Crippen LogP contribution in [0.2, 0.25) is 0 Å². The highest BCUT2D eigenvalue weighted by molar-refractivity contribution is 7.08. The Morgan fingerprint density at radius 2 is 1.90 bits per heavy atom. The quantitative estimate of drug-likeness (QED) is 0.357. The number of aromatic hydroxyl groups is 1. The number of pyridine rings is 1. The van der Waals surface area contributed by atoms with Gasteiger partial charge in [-0.1, -0.05) is 30.3 Å². The van der Waals surface area contributed by atoms with Crippen molar-refractivity contribution in [3.05, 3.63) is 127 Å². The van der Waals surface area contributed by atoms with Crippen molar-refractivity contribution in [2.45, 2.75) is 12.6 Å². The Kier molecular flexibility index (Phi) is 7.21. The number of ether oxygens (including phenoxy) is 2. The molecular formula is C30H23F2N3O6S. The third-order valence-electron chi connectivity index (χ3n) is 7.06. The van der Waals surface area contributed by atoms with Gasteiger partial charge in [-0.3, -0.25) is 19.3 Å². The van der Waals surface area contributed by atoms with E-state index in [0.29, 0.717) is 5.56 Å². The first-order chi connectivity index (χ1) is 20.3. The summed E-state index contributed by atoms with van der Waals surface area (Å²) in [6, 6.07) is 13.4. The van der Waals surface area contributed by atoms with Crippen LogP contribution in [-0.4, -0.2) is 46.4 Å². The second-order valence-electron chi connectivity index (χ2n) is 9.65. The number of benzene rings is 2. The molecule has 42 heavy (non-hydrogen) atoms. The topological polar surface area (TPSA) is 101 Å². The molecule has 2 aliphatic heterocycles. The van der Waals surface area contributed by atoms with E-state index in [1.54, 1.807) is 40.7 Å². The zero-order valence-corrected chi connectivity index (χ0v) is 22.7. The highest BCUT2D eigenvalue weighted by Crippen LogP contribution is 2.39. The Morgan fingerprint density at radius 3 is 2.67 bits per heavy atom. The zero-order chi connectivity index (χ0) is 29.4. The van der Waals surface area contributed by atoms with Crippen LogP contribution < -0.4 is 15.2 Å². The molecule has 2 bridgehead atoms. The Bertz CT molecular complexity index is 1760. The van der Waals surface area contributed by atoms with E-state index >= 15 is 4.39 Å². The number of halogens is 2. The largest absolute Gasteiger partial charge is 0.502 e. The number of aromatic nitrogens is 1. The molecule has 0 saturated carbocycles. The third-order valence-corrected chi connectivity index (χ3v) is 7.76. The van der Waals surface area contributed by atoms with Crippen LogP contribution in [0.25, 0.3) is 0 Å². The van der Waals surface area contributed by atoms with Crippen LogP contribution in [0.1, 0.15) is 33.2 Å². The van der Waals surface area contributed by atoms with Gasteiger partial charge in [0.2, 0.25) is 11.2 Å². The SMILES string of the molecule is O=C(OCc1ccccc1)/C1=C/COc2c(ccc(F)c2F)[C@@H](c2ccsc2)N2CN(C1)C(=O)c1c(O)c(=O)ccn12. The van der Waals surface area contributed by atoms with E-state index in [0.717, 1.165) is 17.7 Å². The summed E-state index contributed by atoms with van der Waals surface area (Å²) in [6.07, 6.45) is 2.67. The molecule has 2 aromatic carbocycles. The maximum absolute atomic E-state index is 15.3. The molecule has 0 spiro atoms. The number of fused-ring (bicyclic) bond motifs is 5. The molecule has 1 amide bonds. The van der Waals surface area contributed by atoms with E-state index in [2.05, 4.69) is 0 Å². The van der Waals surface area contributed by atoms with Gasteiger partial charge in [-0.15, -0.1) is 0 Å². The summed E-state index contributed by atoms with van der Waals surface area (Å²) in [6.45, 7) is -0.813. The molecule has 4 heterocycles. The van der Waals surface area contributed by atoms with Gasteiger partial charge in [0.1, 0.15) is 25.9 Å². The Labute approximate surface area is 242 Å². The molecular weight excluding hydrogens is 568 g/mol. The molecule has 0 unspecified atom stereocenters. The fourth-order valence-corrected chi connectivity index (χ4v) is 5.71. The zero-order valence-electron chi connectivity index (χ0n) is 21.9. The predicted molar refractivity (Wildman–Crippen MR) is 149 cm³/mol. The van der Waals surface area contributed by atoms with E-state index in [4.69, 9.17) is 9.47 Å². The van der Waals surface area contributed by atoms with Gasteiger partial charge in [0.05, 0.1) is 12.1 Å². The predicted octanol–water partition coefficient (Wildman–Crippen LogP) is 4.10. The van der Waals surface area contributed by atoms with E-state index in [-0.39, 0.29) is 49.0 Å². The van der Waals surface area contributed by atoms with E-state index in [1.807, 2.05) is 11.4 Å². The minimum absolute atomic E-state index is 0.0118.